The Morgan fingerprint density at radius 1 is 1.19 bits per heavy atom. The Labute approximate surface area is 159 Å². The summed E-state index contributed by atoms with van der Waals surface area (Å²) < 4.78 is 0. The Morgan fingerprint density at radius 3 is 2.69 bits per heavy atom. The number of piperidine rings is 2. The Balaban J connectivity index is 1.35. The Bertz CT molecular complexity index is 731. The third kappa shape index (κ3) is 4.10. The first-order valence-electron chi connectivity index (χ1n) is 9.60. The predicted molar refractivity (Wildman–Crippen MR) is 108 cm³/mol. The molecule has 5 heteroatoms. The van der Waals surface area contributed by atoms with Gasteiger partial charge in [-0.2, -0.15) is 0 Å². The van der Waals surface area contributed by atoms with E-state index in [0.29, 0.717) is 12.1 Å². The molecule has 2 atom stereocenters. The van der Waals surface area contributed by atoms with Crippen LogP contribution in [0.1, 0.15) is 42.5 Å². The van der Waals surface area contributed by atoms with Gasteiger partial charge in [0.25, 0.3) is 0 Å². The summed E-state index contributed by atoms with van der Waals surface area (Å²) in [6.45, 7) is 3.10. The molecule has 0 radical (unpaired) electrons. The Kier molecular flexibility index (Phi) is 5.27. The zero-order valence-corrected chi connectivity index (χ0v) is 16.1. The van der Waals surface area contributed by atoms with E-state index in [9.17, 15) is 4.79 Å². The van der Waals surface area contributed by atoms with E-state index in [1.54, 1.807) is 0 Å². The third-order valence-corrected chi connectivity index (χ3v) is 6.52. The lowest BCUT2D eigenvalue weighted by molar-refractivity contribution is 0.0208. The molecule has 26 heavy (non-hydrogen) atoms. The van der Waals surface area contributed by atoms with Crippen molar-refractivity contribution in [2.75, 3.05) is 5.32 Å². The lowest BCUT2D eigenvalue weighted by Crippen LogP contribution is -2.56. The number of thiophene rings is 1. The summed E-state index contributed by atoms with van der Waals surface area (Å²) >= 11 is 1.85. The monoisotopic (exact) mass is 369 g/mol. The van der Waals surface area contributed by atoms with E-state index >= 15 is 0 Å². The molecule has 0 spiro atoms. The van der Waals surface area contributed by atoms with Gasteiger partial charge in [0.05, 0.1) is 0 Å². The number of anilines is 1. The normalized spacial score (nSPS) is 25.7. The van der Waals surface area contributed by atoms with Crippen molar-refractivity contribution >= 4 is 23.1 Å². The molecule has 2 unspecified atom stereocenters. The molecule has 2 aromatic rings. The highest BCUT2D eigenvalue weighted by atomic mass is 32.1. The SMILES string of the molecule is Cc1cccc(NC(=O)NC2CC3CCCC(C2)N3Cc2cccs2)c1. The van der Waals surface area contributed by atoms with Crippen LogP contribution in [0.25, 0.3) is 0 Å². The van der Waals surface area contributed by atoms with Gasteiger partial charge in [0.1, 0.15) is 0 Å². The van der Waals surface area contributed by atoms with Crippen molar-refractivity contribution in [3.63, 3.8) is 0 Å². The number of rotatable bonds is 4. The second kappa shape index (κ2) is 7.80. The van der Waals surface area contributed by atoms with E-state index in [1.807, 2.05) is 42.5 Å². The number of carbonyl (C=O) groups is 1. The number of amides is 2. The van der Waals surface area contributed by atoms with Crippen LogP contribution in [0.2, 0.25) is 0 Å². The molecular weight excluding hydrogens is 342 g/mol. The molecule has 0 aliphatic carbocycles. The van der Waals surface area contributed by atoms with Gasteiger partial charge in [0.15, 0.2) is 0 Å². The van der Waals surface area contributed by atoms with Crippen molar-refractivity contribution in [2.24, 2.45) is 0 Å². The van der Waals surface area contributed by atoms with E-state index < -0.39 is 0 Å². The number of carbonyl (C=O) groups excluding carboxylic acids is 1. The molecule has 2 aliphatic rings. The molecule has 2 amide bonds. The van der Waals surface area contributed by atoms with Crippen LogP contribution in [0.3, 0.4) is 0 Å². The van der Waals surface area contributed by atoms with Crippen molar-refractivity contribution in [3.8, 4) is 0 Å². The largest absolute Gasteiger partial charge is 0.335 e. The Hall–Kier alpha value is -1.85. The molecule has 2 bridgehead atoms. The number of aryl methyl sites for hydroxylation is 1. The highest BCUT2D eigenvalue weighted by Gasteiger charge is 2.38. The van der Waals surface area contributed by atoms with Crippen molar-refractivity contribution in [1.29, 1.82) is 0 Å². The molecule has 4 nitrogen and oxygen atoms in total. The quantitative estimate of drug-likeness (QED) is 0.816. The van der Waals surface area contributed by atoms with Crippen LogP contribution >= 0.6 is 11.3 Å². The summed E-state index contributed by atoms with van der Waals surface area (Å²) in [4.78, 5) is 16.6. The van der Waals surface area contributed by atoms with Crippen LogP contribution in [0.5, 0.6) is 0 Å². The molecule has 3 heterocycles. The zero-order chi connectivity index (χ0) is 17.9. The molecule has 2 N–H and O–H groups in total. The second-order valence-corrected chi connectivity index (χ2v) is 8.66. The van der Waals surface area contributed by atoms with E-state index in [-0.39, 0.29) is 12.1 Å². The standard InChI is InChI=1S/C21H27N3OS/c1-15-5-2-6-16(11-15)22-21(25)23-17-12-18-7-3-8-19(13-17)24(18)14-20-9-4-10-26-20/h2,4-6,9-11,17-19H,3,7-8,12-14H2,1H3,(H2,22,23,25). The summed E-state index contributed by atoms with van der Waals surface area (Å²) in [5.41, 5.74) is 2.01. The van der Waals surface area contributed by atoms with Gasteiger partial charge in [-0.05, 0) is 61.7 Å². The number of nitrogens with one attached hydrogen (secondary N) is 2. The summed E-state index contributed by atoms with van der Waals surface area (Å²) in [6.07, 6.45) is 5.93. The fourth-order valence-corrected chi connectivity index (χ4v) is 5.23. The average molecular weight is 370 g/mol. The fraction of sp³-hybridized carbons (Fsp3) is 0.476. The van der Waals surface area contributed by atoms with E-state index in [2.05, 4.69) is 33.0 Å². The van der Waals surface area contributed by atoms with Crippen molar-refractivity contribution < 1.29 is 4.79 Å². The van der Waals surface area contributed by atoms with Crippen LogP contribution in [0.15, 0.2) is 41.8 Å². The maximum Gasteiger partial charge on any atom is 0.319 e. The second-order valence-electron chi connectivity index (χ2n) is 7.63. The molecule has 4 rings (SSSR count). The topological polar surface area (TPSA) is 44.4 Å². The molecule has 2 fully saturated rings. The van der Waals surface area contributed by atoms with Crippen LogP contribution in [-0.2, 0) is 6.54 Å². The predicted octanol–water partition coefficient (Wildman–Crippen LogP) is 4.76. The minimum Gasteiger partial charge on any atom is -0.335 e. The summed E-state index contributed by atoms with van der Waals surface area (Å²) in [5, 5.41) is 8.36. The minimum atomic E-state index is -0.0784. The summed E-state index contributed by atoms with van der Waals surface area (Å²) in [6, 6.07) is 13.7. The van der Waals surface area contributed by atoms with Gasteiger partial charge < -0.3 is 10.6 Å². The molecule has 138 valence electrons. The smallest absolute Gasteiger partial charge is 0.319 e. The summed E-state index contributed by atoms with van der Waals surface area (Å²) in [5.74, 6) is 0. The van der Waals surface area contributed by atoms with Crippen LogP contribution < -0.4 is 10.6 Å². The lowest BCUT2D eigenvalue weighted by atomic mass is 9.81. The van der Waals surface area contributed by atoms with Gasteiger partial charge in [-0.15, -0.1) is 11.3 Å². The average Bonchev–Trinajstić information content (AvgIpc) is 3.08. The lowest BCUT2D eigenvalue weighted by Gasteiger charge is -2.48. The van der Waals surface area contributed by atoms with E-state index in [0.717, 1.165) is 30.6 Å². The zero-order valence-electron chi connectivity index (χ0n) is 15.3. The molecular formula is C21H27N3OS. The maximum absolute atomic E-state index is 12.4. The molecule has 1 aromatic heterocycles. The van der Waals surface area contributed by atoms with Crippen molar-refractivity contribution in [1.82, 2.24) is 10.2 Å². The number of urea groups is 1. The molecule has 2 saturated heterocycles. The third-order valence-electron chi connectivity index (χ3n) is 5.66. The highest BCUT2D eigenvalue weighted by molar-refractivity contribution is 7.09. The number of hydrogen-bond acceptors (Lipinski definition) is 3. The van der Waals surface area contributed by atoms with Crippen LogP contribution in [-0.4, -0.2) is 29.1 Å². The van der Waals surface area contributed by atoms with Gasteiger partial charge >= 0.3 is 6.03 Å². The van der Waals surface area contributed by atoms with Gasteiger partial charge in [0, 0.05) is 35.2 Å². The molecule has 2 aliphatic heterocycles. The highest BCUT2D eigenvalue weighted by Crippen LogP contribution is 2.35. The molecule has 1 aromatic carbocycles. The van der Waals surface area contributed by atoms with E-state index in [1.165, 1.54) is 24.1 Å². The van der Waals surface area contributed by atoms with Crippen molar-refractivity contribution in [3.05, 3.63) is 52.2 Å². The number of hydrogen-bond donors (Lipinski definition) is 2. The van der Waals surface area contributed by atoms with E-state index in [4.69, 9.17) is 0 Å². The number of fused-ring (bicyclic) bond motifs is 2. The van der Waals surface area contributed by atoms with Crippen LogP contribution in [0.4, 0.5) is 10.5 Å². The first-order valence-corrected chi connectivity index (χ1v) is 10.5. The summed E-state index contributed by atoms with van der Waals surface area (Å²) in [7, 11) is 0. The molecule has 0 saturated carbocycles. The number of nitrogens with zero attached hydrogens (tertiary/aromatic N) is 1. The van der Waals surface area contributed by atoms with Crippen molar-refractivity contribution in [2.45, 2.75) is 63.7 Å². The van der Waals surface area contributed by atoms with Gasteiger partial charge in [-0.1, -0.05) is 24.6 Å². The van der Waals surface area contributed by atoms with Gasteiger partial charge in [-0.25, -0.2) is 4.79 Å². The Morgan fingerprint density at radius 2 is 2.00 bits per heavy atom. The van der Waals surface area contributed by atoms with Gasteiger partial charge in [0.2, 0.25) is 0 Å². The number of benzene rings is 1. The van der Waals surface area contributed by atoms with Crippen LogP contribution in [0, 0.1) is 6.92 Å². The maximum atomic E-state index is 12.4. The fourth-order valence-electron chi connectivity index (χ4n) is 4.51. The van der Waals surface area contributed by atoms with Gasteiger partial charge in [-0.3, -0.25) is 4.90 Å². The first-order chi connectivity index (χ1) is 12.7. The minimum absolute atomic E-state index is 0.0784. The first kappa shape index (κ1) is 17.6.